The molecule has 0 heteroatoms. The predicted molar refractivity (Wildman–Crippen MR) is 226 cm³/mol. The van der Waals surface area contributed by atoms with Gasteiger partial charge in [0.2, 0.25) is 0 Å². The van der Waals surface area contributed by atoms with Crippen LogP contribution in [-0.4, -0.2) is 0 Å². The molecule has 6 aromatic rings. The minimum Gasteiger partial charge on any atom is -0.0984 e. The van der Waals surface area contributed by atoms with Crippen molar-refractivity contribution in [3.05, 3.63) is 187 Å². The van der Waals surface area contributed by atoms with Gasteiger partial charge in [0.15, 0.2) is 0 Å². The van der Waals surface area contributed by atoms with Gasteiger partial charge in [-0.2, -0.15) is 0 Å². The minimum absolute atomic E-state index is 0.860. The van der Waals surface area contributed by atoms with Crippen molar-refractivity contribution in [2.75, 3.05) is 0 Å². The highest BCUT2D eigenvalue weighted by atomic mass is 14.2. The zero-order valence-corrected chi connectivity index (χ0v) is 30.3. The van der Waals surface area contributed by atoms with Crippen LogP contribution in [0.1, 0.15) is 68.9 Å². The van der Waals surface area contributed by atoms with E-state index in [0.29, 0.717) is 0 Å². The molecule has 0 spiro atoms. The molecule has 0 N–H and O–H groups in total. The van der Waals surface area contributed by atoms with Crippen molar-refractivity contribution < 1.29 is 0 Å². The molecule has 0 radical (unpaired) electrons. The lowest BCUT2D eigenvalue weighted by atomic mass is 9.87. The lowest BCUT2D eigenvalue weighted by molar-refractivity contribution is 1.16. The van der Waals surface area contributed by atoms with Crippen molar-refractivity contribution in [1.82, 2.24) is 0 Å². The number of allylic oxidation sites excluding steroid dienone is 6. The van der Waals surface area contributed by atoms with Crippen molar-refractivity contribution in [3.8, 4) is 22.3 Å². The Bertz CT molecular complexity index is 2260. The number of benzene rings is 6. The highest BCUT2D eigenvalue weighted by Crippen LogP contribution is 2.37. The molecule has 0 aliphatic rings. The Hall–Kier alpha value is -5.72. The molecule has 0 saturated carbocycles. The van der Waals surface area contributed by atoms with Gasteiger partial charge in [0.05, 0.1) is 0 Å². The van der Waals surface area contributed by atoms with Crippen LogP contribution in [0.2, 0.25) is 0 Å². The van der Waals surface area contributed by atoms with Gasteiger partial charge in [0.25, 0.3) is 0 Å². The normalized spacial score (nSPS) is 11.8. The van der Waals surface area contributed by atoms with Gasteiger partial charge in [-0.25, -0.2) is 0 Å². The molecule has 0 amide bonds. The first-order chi connectivity index (χ1) is 24.5. The van der Waals surface area contributed by atoms with Gasteiger partial charge < -0.3 is 0 Å². The second kappa shape index (κ2) is 16.6. The van der Waals surface area contributed by atoms with Gasteiger partial charge in [-0.1, -0.05) is 174 Å². The summed E-state index contributed by atoms with van der Waals surface area (Å²) in [5.74, 6) is 0. The van der Waals surface area contributed by atoms with Crippen LogP contribution in [0.4, 0.5) is 0 Å². The molecule has 0 aliphatic carbocycles. The summed E-state index contributed by atoms with van der Waals surface area (Å²) in [6, 6.07) is 41.7. The van der Waals surface area contributed by atoms with E-state index < -0.39 is 0 Å². The summed E-state index contributed by atoms with van der Waals surface area (Å²) in [4.78, 5) is 0. The average Bonchev–Trinajstić information content (AvgIpc) is 3.18. The summed E-state index contributed by atoms with van der Waals surface area (Å²) >= 11 is 0. The summed E-state index contributed by atoms with van der Waals surface area (Å²) in [6.07, 6.45) is 13.4. The number of fused-ring (bicyclic) bond motifs is 2. The van der Waals surface area contributed by atoms with Crippen molar-refractivity contribution in [3.63, 3.8) is 0 Å². The van der Waals surface area contributed by atoms with Crippen LogP contribution in [0, 0.1) is 0 Å². The van der Waals surface area contributed by atoms with Gasteiger partial charge >= 0.3 is 0 Å². The Morgan fingerprint density at radius 1 is 0.620 bits per heavy atom. The first-order valence-electron chi connectivity index (χ1n) is 17.7. The standard InChI is InChI=1S/C48H42.C2H6/c1-7-16-38-23-28-42(30-35(38)9-3)36(10-4)29-34(8-2)33(6)47-32-43-19-15-22-46(48(43)31-37(47)11-5)41-26-24-40(25-27-41)45-21-14-18-39-17-12-13-20-44(39)45;1-2/h7,9-32H,3,5-6,8H2,1-2,4H3;1-2H3/b16-7-,34-29+,36-10+;. The molecule has 6 aromatic carbocycles. The third kappa shape index (κ3) is 7.31. The minimum atomic E-state index is 0.860. The van der Waals surface area contributed by atoms with Crippen molar-refractivity contribution in [2.45, 2.75) is 41.0 Å². The zero-order chi connectivity index (χ0) is 35.6. The SMILES string of the molecule is C=Cc1cc(C(/C=C(\CC)C(=C)c2cc3cccc(-c4ccc(-c5cccc6ccccc56)cc4)c3cc2C=C)=C/C)ccc1/C=C\C.CC. The second-order valence-corrected chi connectivity index (χ2v) is 12.1. The topological polar surface area (TPSA) is 0 Å². The Morgan fingerprint density at radius 3 is 1.86 bits per heavy atom. The summed E-state index contributed by atoms with van der Waals surface area (Å²) in [5, 5.41) is 4.92. The highest BCUT2D eigenvalue weighted by molar-refractivity contribution is 6.02. The molecule has 50 heavy (non-hydrogen) atoms. The summed E-state index contributed by atoms with van der Waals surface area (Å²) in [7, 11) is 0. The van der Waals surface area contributed by atoms with E-state index in [-0.39, 0.29) is 0 Å². The fourth-order valence-electron chi connectivity index (χ4n) is 6.69. The first-order valence-corrected chi connectivity index (χ1v) is 17.7. The van der Waals surface area contributed by atoms with Gasteiger partial charge in [-0.05, 0) is 127 Å². The zero-order valence-electron chi connectivity index (χ0n) is 30.3. The average molecular weight is 649 g/mol. The van der Waals surface area contributed by atoms with Crippen LogP contribution < -0.4 is 0 Å². The number of rotatable bonds is 10. The van der Waals surface area contributed by atoms with E-state index in [0.717, 1.165) is 34.2 Å². The molecule has 6 rings (SSSR count). The van der Waals surface area contributed by atoms with Crippen LogP contribution in [0.3, 0.4) is 0 Å². The third-order valence-corrected chi connectivity index (χ3v) is 9.29. The lowest BCUT2D eigenvalue weighted by Gasteiger charge is -2.17. The van der Waals surface area contributed by atoms with E-state index in [1.54, 1.807) is 0 Å². The molecule has 0 unspecified atom stereocenters. The molecular weight excluding hydrogens is 601 g/mol. The molecule has 0 nitrogen and oxygen atoms in total. The quantitative estimate of drug-likeness (QED) is 0.130. The van der Waals surface area contributed by atoms with E-state index in [2.05, 4.69) is 173 Å². The van der Waals surface area contributed by atoms with E-state index in [9.17, 15) is 0 Å². The van der Waals surface area contributed by atoms with Crippen molar-refractivity contribution in [1.29, 1.82) is 0 Å². The highest BCUT2D eigenvalue weighted by Gasteiger charge is 2.14. The van der Waals surface area contributed by atoms with Gasteiger partial charge in [-0.15, -0.1) is 0 Å². The summed E-state index contributed by atoms with van der Waals surface area (Å²) in [6.45, 7) is 23.2. The molecular formula is C50H48. The van der Waals surface area contributed by atoms with Crippen LogP contribution in [-0.2, 0) is 0 Å². The smallest absolute Gasteiger partial charge is 0.00990 e. The number of hydrogen-bond acceptors (Lipinski definition) is 0. The van der Waals surface area contributed by atoms with Gasteiger partial charge in [-0.3, -0.25) is 0 Å². The maximum Gasteiger partial charge on any atom is -0.00990 e. The largest absolute Gasteiger partial charge is 0.0984 e. The maximum absolute atomic E-state index is 4.64. The van der Waals surface area contributed by atoms with Crippen LogP contribution in [0.5, 0.6) is 0 Å². The van der Waals surface area contributed by atoms with E-state index in [4.69, 9.17) is 0 Å². The van der Waals surface area contributed by atoms with E-state index >= 15 is 0 Å². The fraction of sp³-hybridized carbons (Fsp3) is 0.120. The first kappa shape index (κ1) is 35.6. The fourth-order valence-corrected chi connectivity index (χ4v) is 6.69. The molecule has 0 fully saturated rings. The van der Waals surface area contributed by atoms with Gasteiger partial charge in [0, 0.05) is 0 Å². The van der Waals surface area contributed by atoms with Crippen LogP contribution in [0.25, 0.3) is 73.2 Å². The Labute approximate surface area is 299 Å². The predicted octanol–water partition coefficient (Wildman–Crippen LogP) is 15.1. The van der Waals surface area contributed by atoms with Crippen molar-refractivity contribution in [2.24, 2.45) is 0 Å². The van der Waals surface area contributed by atoms with E-state index in [1.807, 2.05) is 32.9 Å². The van der Waals surface area contributed by atoms with Gasteiger partial charge in [0.1, 0.15) is 0 Å². The molecule has 0 atom stereocenters. The maximum atomic E-state index is 4.64. The Kier molecular flexibility index (Phi) is 11.8. The Balaban J connectivity index is 0.00000239. The number of hydrogen-bond donors (Lipinski definition) is 0. The molecule has 0 aromatic heterocycles. The molecule has 0 aliphatic heterocycles. The third-order valence-electron chi connectivity index (χ3n) is 9.29. The Morgan fingerprint density at radius 2 is 1.24 bits per heavy atom. The lowest BCUT2D eigenvalue weighted by Crippen LogP contribution is -1.95. The molecule has 0 saturated heterocycles. The second-order valence-electron chi connectivity index (χ2n) is 12.1. The summed E-state index contributed by atoms with van der Waals surface area (Å²) < 4.78 is 0. The van der Waals surface area contributed by atoms with Crippen molar-refractivity contribution >= 4 is 50.9 Å². The molecule has 0 heterocycles. The molecule has 0 bridgehead atoms. The van der Waals surface area contributed by atoms with Crippen LogP contribution >= 0.6 is 0 Å². The summed E-state index contributed by atoms with van der Waals surface area (Å²) in [5.41, 5.74) is 13.9. The molecule has 248 valence electrons. The van der Waals surface area contributed by atoms with E-state index in [1.165, 1.54) is 60.5 Å². The van der Waals surface area contributed by atoms with Crippen LogP contribution in [0.15, 0.2) is 159 Å². The monoisotopic (exact) mass is 648 g/mol.